The van der Waals surface area contributed by atoms with Gasteiger partial charge in [-0.05, 0) is 6.42 Å². The molecule has 0 aromatic carbocycles. The Morgan fingerprint density at radius 3 is 2.40 bits per heavy atom. The van der Waals surface area contributed by atoms with Crippen molar-refractivity contribution in [2.75, 3.05) is 18.5 Å². The van der Waals surface area contributed by atoms with Gasteiger partial charge in [-0.2, -0.15) is 0 Å². The average molecular weight is 205 g/mol. The lowest BCUT2D eigenvalue weighted by Gasteiger charge is -2.42. The summed E-state index contributed by atoms with van der Waals surface area (Å²) in [7, 11) is 0. The van der Waals surface area contributed by atoms with E-state index in [1.54, 1.807) is 0 Å². The van der Waals surface area contributed by atoms with Gasteiger partial charge in [0, 0.05) is 10.7 Å². The standard InChI is InChI=1S/C8H13BrO/c1-3-8(5-10-6-8)7(2)4-9/h2-6H2,1H3. The van der Waals surface area contributed by atoms with Crippen LogP contribution in [0.5, 0.6) is 0 Å². The Bertz CT molecular complexity index is 133. The van der Waals surface area contributed by atoms with Gasteiger partial charge < -0.3 is 4.74 Å². The van der Waals surface area contributed by atoms with E-state index >= 15 is 0 Å². The van der Waals surface area contributed by atoms with Gasteiger partial charge in [-0.15, -0.1) is 0 Å². The fourth-order valence-electron chi connectivity index (χ4n) is 1.15. The van der Waals surface area contributed by atoms with Gasteiger partial charge in [0.05, 0.1) is 13.2 Å². The van der Waals surface area contributed by atoms with Gasteiger partial charge in [0.25, 0.3) is 0 Å². The van der Waals surface area contributed by atoms with Crippen LogP contribution in [-0.4, -0.2) is 18.5 Å². The van der Waals surface area contributed by atoms with Crippen LogP contribution in [0, 0.1) is 5.41 Å². The van der Waals surface area contributed by atoms with Crippen molar-refractivity contribution >= 4 is 15.9 Å². The molecule has 1 aliphatic rings. The van der Waals surface area contributed by atoms with Gasteiger partial charge in [0.1, 0.15) is 0 Å². The van der Waals surface area contributed by atoms with Crippen LogP contribution in [-0.2, 0) is 4.74 Å². The summed E-state index contributed by atoms with van der Waals surface area (Å²) < 4.78 is 5.17. The number of halogens is 1. The fourth-order valence-corrected chi connectivity index (χ4v) is 1.74. The van der Waals surface area contributed by atoms with Crippen LogP contribution in [0.25, 0.3) is 0 Å². The van der Waals surface area contributed by atoms with Crippen molar-refractivity contribution in [3.63, 3.8) is 0 Å². The molecule has 0 aromatic rings. The Morgan fingerprint density at radius 2 is 2.30 bits per heavy atom. The van der Waals surface area contributed by atoms with Crippen LogP contribution in [0.1, 0.15) is 13.3 Å². The van der Waals surface area contributed by atoms with Crippen LogP contribution in [0.4, 0.5) is 0 Å². The summed E-state index contributed by atoms with van der Waals surface area (Å²) in [6, 6.07) is 0. The van der Waals surface area contributed by atoms with Crippen molar-refractivity contribution in [3.05, 3.63) is 12.2 Å². The normalized spacial score (nSPS) is 21.8. The zero-order chi connectivity index (χ0) is 7.61. The van der Waals surface area contributed by atoms with Crippen LogP contribution in [0.2, 0.25) is 0 Å². The lowest BCUT2D eigenvalue weighted by Crippen LogP contribution is -2.43. The van der Waals surface area contributed by atoms with Crippen LogP contribution in [0.15, 0.2) is 12.2 Å². The first-order chi connectivity index (χ1) is 4.75. The highest BCUT2D eigenvalue weighted by Crippen LogP contribution is 2.38. The third kappa shape index (κ3) is 1.15. The minimum absolute atomic E-state index is 0.309. The van der Waals surface area contributed by atoms with Gasteiger partial charge in [0.2, 0.25) is 0 Å². The molecule has 1 nitrogen and oxygen atoms in total. The maximum absolute atomic E-state index is 5.17. The Kier molecular flexibility index (Phi) is 2.53. The monoisotopic (exact) mass is 204 g/mol. The largest absolute Gasteiger partial charge is 0.379 e. The second-order valence-corrected chi connectivity index (χ2v) is 3.42. The zero-order valence-electron chi connectivity index (χ0n) is 6.32. The maximum atomic E-state index is 5.17. The molecule has 0 aliphatic carbocycles. The molecule has 0 amide bonds. The van der Waals surface area contributed by atoms with Crippen LogP contribution in [0.3, 0.4) is 0 Å². The minimum atomic E-state index is 0.309. The molecule has 0 atom stereocenters. The molecular weight excluding hydrogens is 192 g/mol. The molecule has 1 rings (SSSR count). The molecule has 0 radical (unpaired) electrons. The summed E-state index contributed by atoms with van der Waals surface area (Å²) in [6.07, 6.45) is 1.15. The van der Waals surface area contributed by atoms with Crippen LogP contribution >= 0.6 is 15.9 Å². The molecule has 1 fully saturated rings. The van der Waals surface area contributed by atoms with E-state index in [0.29, 0.717) is 5.41 Å². The molecule has 0 aromatic heterocycles. The van der Waals surface area contributed by atoms with Crippen molar-refractivity contribution in [3.8, 4) is 0 Å². The molecule has 1 saturated heterocycles. The van der Waals surface area contributed by atoms with Crippen LogP contribution < -0.4 is 0 Å². The number of alkyl halides is 1. The highest BCUT2D eigenvalue weighted by atomic mass is 79.9. The SMILES string of the molecule is C=C(CBr)C1(CC)COC1. The van der Waals surface area contributed by atoms with Crippen molar-refractivity contribution in [2.24, 2.45) is 5.41 Å². The topological polar surface area (TPSA) is 9.23 Å². The van der Waals surface area contributed by atoms with Crippen molar-refractivity contribution in [1.29, 1.82) is 0 Å². The minimum Gasteiger partial charge on any atom is -0.379 e. The Labute approximate surface area is 70.6 Å². The molecule has 0 bridgehead atoms. The van der Waals surface area contributed by atoms with E-state index in [0.717, 1.165) is 25.0 Å². The quantitative estimate of drug-likeness (QED) is 0.507. The van der Waals surface area contributed by atoms with E-state index in [4.69, 9.17) is 4.74 Å². The first-order valence-electron chi connectivity index (χ1n) is 3.57. The van der Waals surface area contributed by atoms with E-state index in [2.05, 4.69) is 29.4 Å². The molecule has 0 unspecified atom stereocenters. The number of ether oxygens (including phenoxy) is 1. The van der Waals surface area contributed by atoms with Crippen molar-refractivity contribution < 1.29 is 4.74 Å². The summed E-state index contributed by atoms with van der Waals surface area (Å²) in [5.41, 5.74) is 1.59. The molecule has 10 heavy (non-hydrogen) atoms. The Hall–Kier alpha value is 0.180. The lowest BCUT2D eigenvalue weighted by molar-refractivity contribution is -0.0901. The number of rotatable bonds is 3. The highest BCUT2D eigenvalue weighted by molar-refractivity contribution is 9.09. The van der Waals surface area contributed by atoms with E-state index < -0.39 is 0 Å². The van der Waals surface area contributed by atoms with Gasteiger partial charge in [-0.1, -0.05) is 35.0 Å². The summed E-state index contributed by atoms with van der Waals surface area (Å²) in [4.78, 5) is 0. The molecular formula is C8H13BrO. The van der Waals surface area contributed by atoms with Gasteiger partial charge in [0.15, 0.2) is 0 Å². The smallest absolute Gasteiger partial charge is 0.0582 e. The molecule has 0 N–H and O–H groups in total. The third-order valence-corrected chi connectivity index (χ3v) is 3.02. The van der Waals surface area contributed by atoms with Crippen molar-refractivity contribution in [1.82, 2.24) is 0 Å². The third-order valence-electron chi connectivity index (χ3n) is 2.34. The average Bonchev–Trinajstić information content (AvgIpc) is 1.86. The van der Waals surface area contributed by atoms with Gasteiger partial charge in [-0.25, -0.2) is 0 Å². The Morgan fingerprint density at radius 1 is 1.70 bits per heavy atom. The van der Waals surface area contributed by atoms with Crippen molar-refractivity contribution in [2.45, 2.75) is 13.3 Å². The summed E-state index contributed by atoms with van der Waals surface area (Å²) in [6.45, 7) is 7.94. The first kappa shape index (κ1) is 8.28. The fraction of sp³-hybridized carbons (Fsp3) is 0.750. The van der Waals surface area contributed by atoms with E-state index in [9.17, 15) is 0 Å². The maximum Gasteiger partial charge on any atom is 0.0582 e. The van der Waals surface area contributed by atoms with E-state index in [1.165, 1.54) is 5.57 Å². The molecule has 1 aliphatic heterocycles. The van der Waals surface area contributed by atoms with Gasteiger partial charge in [-0.3, -0.25) is 0 Å². The number of hydrogen-bond donors (Lipinski definition) is 0. The molecule has 2 heteroatoms. The summed E-state index contributed by atoms with van der Waals surface area (Å²) in [5, 5.41) is 0.907. The summed E-state index contributed by atoms with van der Waals surface area (Å²) >= 11 is 3.41. The molecule has 58 valence electrons. The second kappa shape index (κ2) is 3.05. The lowest BCUT2D eigenvalue weighted by atomic mass is 9.77. The molecule has 0 spiro atoms. The predicted molar refractivity (Wildman–Crippen MR) is 46.5 cm³/mol. The molecule has 0 saturated carbocycles. The number of hydrogen-bond acceptors (Lipinski definition) is 1. The van der Waals surface area contributed by atoms with Gasteiger partial charge >= 0.3 is 0 Å². The Balaban J connectivity index is 2.55. The van der Waals surface area contributed by atoms with E-state index in [1.807, 2.05) is 0 Å². The van der Waals surface area contributed by atoms with E-state index in [-0.39, 0.29) is 0 Å². The highest BCUT2D eigenvalue weighted by Gasteiger charge is 2.38. The second-order valence-electron chi connectivity index (χ2n) is 2.86. The zero-order valence-corrected chi connectivity index (χ0v) is 7.91. The molecule has 1 heterocycles. The summed E-state index contributed by atoms with van der Waals surface area (Å²) in [5.74, 6) is 0. The first-order valence-corrected chi connectivity index (χ1v) is 4.69. The predicted octanol–water partition coefficient (Wildman–Crippen LogP) is 2.36.